The van der Waals surface area contributed by atoms with Crippen LogP contribution in [0.2, 0.25) is 0 Å². The molecule has 0 spiro atoms. The highest BCUT2D eigenvalue weighted by Crippen LogP contribution is 2.05. The lowest BCUT2D eigenvalue weighted by atomic mass is 10.1. The molecule has 0 bridgehead atoms. The number of pyridine rings is 1. The van der Waals surface area contributed by atoms with Crippen LogP contribution in [0, 0.1) is 6.92 Å². The number of rotatable bonds is 4. The second-order valence-electron chi connectivity index (χ2n) is 4.88. The van der Waals surface area contributed by atoms with Crippen molar-refractivity contribution in [3.63, 3.8) is 0 Å². The fourth-order valence-corrected chi connectivity index (χ4v) is 1.84. The number of aryl methyl sites for hydroxylation is 1. The molecular formula is C16H18N4O2. The Labute approximate surface area is 128 Å². The van der Waals surface area contributed by atoms with Crippen molar-refractivity contribution < 1.29 is 9.59 Å². The summed E-state index contributed by atoms with van der Waals surface area (Å²) in [5.74, 6) is -1.11. The normalized spacial score (nSPS) is 10.1. The quantitative estimate of drug-likeness (QED) is 0.736. The van der Waals surface area contributed by atoms with E-state index in [1.54, 1.807) is 18.3 Å². The Hall–Kier alpha value is -2.73. The number of anilines is 1. The molecule has 1 heterocycles. The summed E-state index contributed by atoms with van der Waals surface area (Å²) in [6.07, 6.45) is 1.62. The smallest absolute Gasteiger partial charge is 0.314 e. The molecule has 0 saturated heterocycles. The van der Waals surface area contributed by atoms with Gasteiger partial charge in [-0.05, 0) is 29.7 Å². The third kappa shape index (κ3) is 4.39. The number of carbonyl (C=O) groups is 2. The van der Waals surface area contributed by atoms with Gasteiger partial charge in [-0.2, -0.15) is 0 Å². The van der Waals surface area contributed by atoms with Crippen molar-refractivity contribution in [1.82, 2.24) is 10.3 Å². The molecule has 2 aromatic rings. The molecule has 1 aromatic heterocycles. The van der Waals surface area contributed by atoms with Gasteiger partial charge in [0.1, 0.15) is 5.82 Å². The SMILES string of the molecule is Cc1ccc(NC(=O)C(=O)NCc2cccc(CN)c2)nc1. The lowest BCUT2D eigenvalue weighted by Gasteiger charge is -2.07. The molecule has 0 unspecified atom stereocenters. The van der Waals surface area contributed by atoms with Gasteiger partial charge in [-0.3, -0.25) is 9.59 Å². The number of hydrogen-bond acceptors (Lipinski definition) is 4. The van der Waals surface area contributed by atoms with Gasteiger partial charge in [0.2, 0.25) is 0 Å². The van der Waals surface area contributed by atoms with Gasteiger partial charge in [0.25, 0.3) is 0 Å². The van der Waals surface area contributed by atoms with E-state index in [1.807, 2.05) is 31.2 Å². The monoisotopic (exact) mass is 298 g/mol. The van der Waals surface area contributed by atoms with E-state index in [4.69, 9.17) is 5.73 Å². The van der Waals surface area contributed by atoms with Gasteiger partial charge in [0.05, 0.1) is 0 Å². The van der Waals surface area contributed by atoms with Crippen molar-refractivity contribution in [3.8, 4) is 0 Å². The molecular weight excluding hydrogens is 280 g/mol. The van der Waals surface area contributed by atoms with E-state index in [1.165, 1.54) is 0 Å². The van der Waals surface area contributed by atoms with Gasteiger partial charge in [-0.25, -0.2) is 4.98 Å². The van der Waals surface area contributed by atoms with Crippen molar-refractivity contribution in [1.29, 1.82) is 0 Å². The van der Waals surface area contributed by atoms with E-state index in [2.05, 4.69) is 15.6 Å². The van der Waals surface area contributed by atoms with Crippen molar-refractivity contribution >= 4 is 17.6 Å². The second kappa shape index (κ2) is 7.33. The maximum Gasteiger partial charge on any atom is 0.314 e. The minimum atomic E-state index is -0.744. The van der Waals surface area contributed by atoms with E-state index in [0.717, 1.165) is 16.7 Å². The van der Waals surface area contributed by atoms with E-state index in [9.17, 15) is 9.59 Å². The second-order valence-corrected chi connectivity index (χ2v) is 4.88. The molecule has 0 aliphatic rings. The molecule has 6 heteroatoms. The van der Waals surface area contributed by atoms with Crippen molar-refractivity contribution in [2.75, 3.05) is 5.32 Å². The summed E-state index contributed by atoms with van der Waals surface area (Å²) in [4.78, 5) is 27.5. The Bertz CT molecular complexity index is 668. The molecule has 0 aliphatic heterocycles. The van der Waals surface area contributed by atoms with Crippen LogP contribution in [0.3, 0.4) is 0 Å². The van der Waals surface area contributed by atoms with Crippen molar-refractivity contribution in [2.24, 2.45) is 5.73 Å². The van der Waals surface area contributed by atoms with Crippen LogP contribution >= 0.6 is 0 Å². The topological polar surface area (TPSA) is 97.1 Å². The Kier molecular flexibility index (Phi) is 5.21. The van der Waals surface area contributed by atoms with Crippen LogP contribution in [0.4, 0.5) is 5.82 Å². The van der Waals surface area contributed by atoms with E-state index >= 15 is 0 Å². The highest BCUT2D eigenvalue weighted by Gasteiger charge is 2.13. The number of nitrogens with one attached hydrogen (secondary N) is 2. The zero-order valence-electron chi connectivity index (χ0n) is 12.3. The van der Waals surface area contributed by atoms with Crippen LogP contribution in [-0.2, 0) is 22.7 Å². The Balaban J connectivity index is 1.88. The third-order valence-corrected chi connectivity index (χ3v) is 3.04. The average Bonchev–Trinajstić information content (AvgIpc) is 2.54. The standard InChI is InChI=1S/C16H18N4O2/c1-11-5-6-14(18-9-11)20-16(22)15(21)19-10-13-4-2-3-12(7-13)8-17/h2-7,9H,8,10,17H2,1H3,(H,19,21)(H,18,20,22). The van der Waals surface area contributed by atoms with Crippen LogP contribution in [0.5, 0.6) is 0 Å². The number of amides is 2. The highest BCUT2D eigenvalue weighted by molar-refractivity contribution is 6.39. The molecule has 22 heavy (non-hydrogen) atoms. The van der Waals surface area contributed by atoms with Gasteiger partial charge in [0, 0.05) is 19.3 Å². The Morgan fingerprint density at radius 2 is 1.91 bits per heavy atom. The van der Waals surface area contributed by atoms with Gasteiger partial charge in [0.15, 0.2) is 0 Å². The Morgan fingerprint density at radius 1 is 1.14 bits per heavy atom. The Morgan fingerprint density at radius 3 is 2.59 bits per heavy atom. The maximum absolute atomic E-state index is 11.8. The van der Waals surface area contributed by atoms with Crippen LogP contribution < -0.4 is 16.4 Å². The molecule has 4 N–H and O–H groups in total. The first-order valence-corrected chi connectivity index (χ1v) is 6.88. The fraction of sp³-hybridized carbons (Fsp3) is 0.188. The number of nitrogens with zero attached hydrogens (tertiary/aromatic N) is 1. The first-order chi connectivity index (χ1) is 10.6. The number of hydrogen-bond donors (Lipinski definition) is 3. The summed E-state index contributed by atoms with van der Waals surface area (Å²) in [7, 11) is 0. The first-order valence-electron chi connectivity index (χ1n) is 6.88. The van der Waals surface area contributed by atoms with Gasteiger partial charge >= 0.3 is 11.8 Å². The summed E-state index contributed by atoms with van der Waals surface area (Å²) in [5.41, 5.74) is 8.39. The summed E-state index contributed by atoms with van der Waals surface area (Å²) in [5, 5.41) is 5.01. The lowest BCUT2D eigenvalue weighted by molar-refractivity contribution is -0.136. The largest absolute Gasteiger partial charge is 0.344 e. The van der Waals surface area contributed by atoms with Gasteiger partial charge in [-0.1, -0.05) is 30.3 Å². The minimum Gasteiger partial charge on any atom is -0.344 e. The third-order valence-electron chi connectivity index (χ3n) is 3.04. The summed E-state index contributed by atoms with van der Waals surface area (Å²) in [6, 6.07) is 11.0. The van der Waals surface area contributed by atoms with Crippen LogP contribution in [-0.4, -0.2) is 16.8 Å². The molecule has 0 saturated carbocycles. The molecule has 2 amide bonds. The molecule has 6 nitrogen and oxygen atoms in total. The lowest BCUT2D eigenvalue weighted by Crippen LogP contribution is -2.35. The summed E-state index contributed by atoms with van der Waals surface area (Å²) < 4.78 is 0. The van der Waals surface area contributed by atoms with Gasteiger partial charge in [-0.15, -0.1) is 0 Å². The predicted molar refractivity (Wildman–Crippen MR) is 83.8 cm³/mol. The minimum absolute atomic E-state index is 0.265. The summed E-state index contributed by atoms with van der Waals surface area (Å²) in [6.45, 7) is 2.59. The zero-order valence-corrected chi connectivity index (χ0v) is 12.3. The molecule has 1 aromatic carbocycles. The maximum atomic E-state index is 11.8. The number of benzene rings is 1. The number of carbonyl (C=O) groups excluding carboxylic acids is 2. The fourth-order valence-electron chi connectivity index (χ4n) is 1.84. The zero-order chi connectivity index (χ0) is 15.9. The van der Waals surface area contributed by atoms with Crippen LogP contribution in [0.1, 0.15) is 16.7 Å². The van der Waals surface area contributed by atoms with E-state index in [-0.39, 0.29) is 6.54 Å². The highest BCUT2D eigenvalue weighted by atomic mass is 16.2. The molecule has 0 aliphatic carbocycles. The van der Waals surface area contributed by atoms with Crippen molar-refractivity contribution in [3.05, 3.63) is 59.3 Å². The molecule has 0 atom stereocenters. The molecule has 2 rings (SSSR count). The predicted octanol–water partition coefficient (Wildman–Crippen LogP) is 1.10. The van der Waals surface area contributed by atoms with E-state index < -0.39 is 11.8 Å². The van der Waals surface area contributed by atoms with Crippen molar-refractivity contribution in [2.45, 2.75) is 20.0 Å². The molecule has 0 radical (unpaired) electrons. The van der Waals surface area contributed by atoms with Gasteiger partial charge < -0.3 is 16.4 Å². The first kappa shape index (κ1) is 15.7. The van der Waals surface area contributed by atoms with E-state index in [0.29, 0.717) is 12.4 Å². The molecule has 114 valence electrons. The van der Waals surface area contributed by atoms with Crippen LogP contribution in [0.25, 0.3) is 0 Å². The molecule has 0 fully saturated rings. The number of aromatic nitrogens is 1. The average molecular weight is 298 g/mol. The summed E-state index contributed by atoms with van der Waals surface area (Å²) >= 11 is 0. The number of nitrogens with two attached hydrogens (primary N) is 1. The van der Waals surface area contributed by atoms with Crippen LogP contribution in [0.15, 0.2) is 42.6 Å².